The first-order valence-corrected chi connectivity index (χ1v) is 10.5. The number of hydrogen-bond donors (Lipinski definition) is 0. The molecule has 0 aliphatic carbocycles. The molecule has 164 valence electrons. The Bertz CT molecular complexity index is 721. The van der Waals surface area contributed by atoms with E-state index >= 15 is 0 Å². The van der Waals surface area contributed by atoms with Crippen LogP contribution in [-0.2, 0) is 19.0 Å². The van der Waals surface area contributed by atoms with Gasteiger partial charge >= 0.3 is 0 Å². The fourth-order valence-corrected chi connectivity index (χ4v) is 3.70. The van der Waals surface area contributed by atoms with Crippen LogP contribution in [0, 0.1) is 5.92 Å². The molecule has 1 aromatic carbocycles. The van der Waals surface area contributed by atoms with Crippen molar-refractivity contribution in [2.75, 3.05) is 52.7 Å². The number of carbonyl (C=O) groups is 3. The molecule has 8 heteroatoms. The molecule has 1 saturated heterocycles. The molecule has 0 spiro atoms. The van der Waals surface area contributed by atoms with Crippen molar-refractivity contribution in [3.05, 3.63) is 35.4 Å². The maximum atomic E-state index is 13.6. The summed E-state index contributed by atoms with van der Waals surface area (Å²) in [5.74, 6) is -1.25. The van der Waals surface area contributed by atoms with Crippen molar-refractivity contribution >= 4 is 17.7 Å². The quantitative estimate of drug-likeness (QED) is 0.691. The topological polar surface area (TPSA) is 85.4 Å². The lowest BCUT2D eigenvalue weighted by molar-refractivity contribution is -0.139. The van der Waals surface area contributed by atoms with Gasteiger partial charge in [-0.2, -0.15) is 0 Å². The molecule has 0 N–H and O–H groups in total. The number of benzene rings is 1. The summed E-state index contributed by atoms with van der Waals surface area (Å²) in [6.45, 7) is 7.10. The Labute approximate surface area is 177 Å². The van der Waals surface area contributed by atoms with Crippen LogP contribution in [0.15, 0.2) is 24.3 Å². The number of rotatable bonds is 4. The van der Waals surface area contributed by atoms with Gasteiger partial charge < -0.3 is 19.1 Å². The van der Waals surface area contributed by atoms with Crippen LogP contribution in [0.2, 0.25) is 0 Å². The second-order valence-electron chi connectivity index (χ2n) is 7.52. The molecule has 8 nitrogen and oxygen atoms in total. The van der Waals surface area contributed by atoms with Crippen molar-refractivity contribution in [2.24, 2.45) is 5.92 Å². The van der Waals surface area contributed by atoms with E-state index in [0.717, 1.165) is 4.90 Å². The number of fused-ring (bicyclic) bond motifs is 1. The normalized spacial score (nSPS) is 20.9. The van der Waals surface area contributed by atoms with Crippen LogP contribution in [0.1, 0.15) is 41.0 Å². The van der Waals surface area contributed by atoms with Gasteiger partial charge in [-0.15, -0.1) is 0 Å². The minimum Gasteiger partial charge on any atom is -0.377 e. The van der Waals surface area contributed by atoms with Crippen molar-refractivity contribution in [3.63, 3.8) is 0 Å². The molecule has 0 aromatic heterocycles. The highest BCUT2D eigenvalue weighted by Crippen LogP contribution is 2.29. The van der Waals surface area contributed by atoms with E-state index in [2.05, 4.69) is 0 Å². The highest BCUT2D eigenvalue weighted by Gasteiger charge is 2.45. The van der Waals surface area contributed by atoms with Crippen LogP contribution >= 0.6 is 0 Å². The van der Waals surface area contributed by atoms with Crippen molar-refractivity contribution in [1.82, 2.24) is 9.80 Å². The monoisotopic (exact) mass is 418 g/mol. The lowest BCUT2D eigenvalue weighted by Crippen LogP contribution is -2.55. The summed E-state index contributed by atoms with van der Waals surface area (Å²) in [6.07, 6.45) is 0.655. The van der Waals surface area contributed by atoms with E-state index in [4.69, 9.17) is 14.2 Å². The number of ether oxygens (including phenoxy) is 3. The molecule has 1 fully saturated rings. The highest BCUT2D eigenvalue weighted by molar-refractivity contribution is 6.22. The molecule has 2 atom stereocenters. The van der Waals surface area contributed by atoms with E-state index in [1.807, 2.05) is 13.8 Å². The number of nitrogens with zero attached hydrogens (tertiary/aromatic N) is 2. The molecule has 2 aliphatic heterocycles. The first-order chi connectivity index (χ1) is 14.6. The molecule has 3 amide bonds. The van der Waals surface area contributed by atoms with Gasteiger partial charge in [0.1, 0.15) is 6.04 Å². The fraction of sp³-hybridized carbons (Fsp3) is 0.591. The average molecular weight is 418 g/mol. The van der Waals surface area contributed by atoms with Crippen LogP contribution in [0.4, 0.5) is 0 Å². The van der Waals surface area contributed by atoms with E-state index in [1.165, 1.54) is 0 Å². The SMILES string of the molecule is CC[C@H](C)[C@@H](C(=O)N1CCOCCOCCOCC1)N1C(=O)c2ccccc2C1=O. The smallest absolute Gasteiger partial charge is 0.262 e. The first-order valence-electron chi connectivity index (χ1n) is 10.5. The lowest BCUT2D eigenvalue weighted by atomic mass is 9.96. The first kappa shape index (κ1) is 22.4. The summed E-state index contributed by atoms with van der Waals surface area (Å²) in [6, 6.07) is 5.85. The van der Waals surface area contributed by atoms with Crippen molar-refractivity contribution in [2.45, 2.75) is 26.3 Å². The molecule has 0 unspecified atom stereocenters. The van der Waals surface area contributed by atoms with Gasteiger partial charge in [0.05, 0.1) is 50.8 Å². The predicted molar refractivity (Wildman–Crippen MR) is 109 cm³/mol. The van der Waals surface area contributed by atoms with Gasteiger partial charge in [0.2, 0.25) is 5.91 Å². The van der Waals surface area contributed by atoms with E-state index < -0.39 is 17.9 Å². The maximum Gasteiger partial charge on any atom is 0.262 e. The highest BCUT2D eigenvalue weighted by atomic mass is 16.5. The number of hydrogen-bond acceptors (Lipinski definition) is 6. The molecule has 3 rings (SSSR count). The van der Waals surface area contributed by atoms with E-state index in [1.54, 1.807) is 29.2 Å². The summed E-state index contributed by atoms with van der Waals surface area (Å²) >= 11 is 0. The second-order valence-corrected chi connectivity index (χ2v) is 7.52. The Morgan fingerprint density at radius 1 is 0.900 bits per heavy atom. The van der Waals surface area contributed by atoms with Crippen molar-refractivity contribution in [1.29, 1.82) is 0 Å². The van der Waals surface area contributed by atoms with Gasteiger partial charge in [-0.3, -0.25) is 19.3 Å². The molecule has 0 radical (unpaired) electrons. The summed E-state index contributed by atoms with van der Waals surface area (Å²) in [7, 11) is 0. The largest absolute Gasteiger partial charge is 0.377 e. The zero-order chi connectivity index (χ0) is 21.5. The van der Waals surface area contributed by atoms with Gasteiger partial charge in [0.25, 0.3) is 11.8 Å². The Hall–Kier alpha value is -2.29. The van der Waals surface area contributed by atoms with Crippen LogP contribution in [0.25, 0.3) is 0 Å². The van der Waals surface area contributed by atoms with Crippen LogP contribution in [0.5, 0.6) is 0 Å². The third kappa shape index (κ3) is 4.88. The zero-order valence-corrected chi connectivity index (χ0v) is 17.7. The zero-order valence-electron chi connectivity index (χ0n) is 17.7. The standard InChI is InChI=1S/C22H30N2O6/c1-3-16(2)19(24-20(25)17-6-4-5-7-18(17)21(24)26)22(27)23-8-10-28-12-14-30-15-13-29-11-9-23/h4-7,16,19H,3,8-15H2,1-2H3/t16-,19-/m0/s1. The predicted octanol–water partition coefficient (Wildman–Crippen LogP) is 1.59. The number of imide groups is 1. The van der Waals surface area contributed by atoms with Crippen molar-refractivity contribution in [3.8, 4) is 0 Å². The third-order valence-corrected chi connectivity index (χ3v) is 5.61. The Morgan fingerprint density at radius 2 is 1.37 bits per heavy atom. The lowest BCUT2D eigenvalue weighted by Gasteiger charge is -2.34. The van der Waals surface area contributed by atoms with Gasteiger partial charge in [-0.1, -0.05) is 32.4 Å². The van der Waals surface area contributed by atoms with Crippen LogP contribution in [-0.4, -0.2) is 86.3 Å². The number of carbonyl (C=O) groups excluding carboxylic acids is 3. The van der Waals surface area contributed by atoms with E-state index in [0.29, 0.717) is 70.3 Å². The Kier molecular flexibility index (Phi) is 7.95. The van der Waals surface area contributed by atoms with Gasteiger partial charge in [0.15, 0.2) is 0 Å². The van der Waals surface area contributed by atoms with E-state index in [-0.39, 0.29) is 11.8 Å². The number of amides is 3. The summed E-state index contributed by atoms with van der Waals surface area (Å²) in [5.41, 5.74) is 0.702. The summed E-state index contributed by atoms with van der Waals surface area (Å²) < 4.78 is 16.5. The second kappa shape index (κ2) is 10.7. The molecule has 0 saturated carbocycles. The van der Waals surface area contributed by atoms with Crippen molar-refractivity contribution < 1.29 is 28.6 Å². The van der Waals surface area contributed by atoms with Crippen LogP contribution in [0.3, 0.4) is 0 Å². The maximum absolute atomic E-state index is 13.6. The molecule has 2 heterocycles. The van der Waals surface area contributed by atoms with Gasteiger partial charge in [-0.25, -0.2) is 0 Å². The van der Waals surface area contributed by atoms with E-state index in [9.17, 15) is 14.4 Å². The minimum atomic E-state index is -0.862. The molecule has 2 aliphatic rings. The van der Waals surface area contributed by atoms with Gasteiger partial charge in [-0.05, 0) is 18.1 Å². The third-order valence-electron chi connectivity index (χ3n) is 5.61. The summed E-state index contributed by atoms with van der Waals surface area (Å²) in [5, 5.41) is 0. The van der Waals surface area contributed by atoms with Crippen LogP contribution < -0.4 is 0 Å². The molecule has 0 bridgehead atoms. The molecule has 30 heavy (non-hydrogen) atoms. The fourth-order valence-electron chi connectivity index (χ4n) is 3.70. The Morgan fingerprint density at radius 3 is 1.83 bits per heavy atom. The Balaban J connectivity index is 1.82. The summed E-state index contributed by atoms with van der Waals surface area (Å²) in [4.78, 5) is 42.4. The molecular formula is C22H30N2O6. The van der Waals surface area contributed by atoms with Gasteiger partial charge in [0, 0.05) is 13.1 Å². The molecular weight excluding hydrogens is 388 g/mol. The molecule has 1 aromatic rings. The minimum absolute atomic E-state index is 0.184. The average Bonchev–Trinajstić information content (AvgIpc) is 2.99.